The number of pyridine rings is 1. The van der Waals surface area contributed by atoms with E-state index in [1.54, 1.807) is 6.26 Å². The molecule has 1 aliphatic carbocycles. The Balaban J connectivity index is 1.78. The van der Waals surface area contributed by atoms with Gasteiger partial charge < -0.3 is 14.8 Å². The molecule has 1 aliphatic rings. The number of nitrogens with zero attached hydrogens (tertiary/aromatic N) is 1. The number of carbonyl (C=O) groups excluding carboxylic acids is 1. The van der Waals surface area contributed by atoms with Gasteiger partial charge >= 0.3 is 0 Å². The zero-order valence-electron chi connectivity index (χ0n) is 10.3. The average molecular weight is 258 g/mol. The number of aromatic hydroxyl groups is 1. The van der Waals surface area contributed by atoms with Crippen molar-refractivity contribution < 1.29 is 14.3 Å². The molecule has 1 amide bonds. The van der Waals surface area contributed by atoms with E-state index < -0.39 is 0 Å². The van der Waals surface area contributed by atoms with Gasteiger partial charge in [-0.2, -0.15) is 0 Å². The van der Waals surface area contributed by atoms with E-state index in [0.29, 0.717) is 5.56 Å². The van der Waals surface area contributed by atoms with Crippen molar-refractivity contribution in [2.24, 2.45) is 0 Å². The van der Waals surface area contributed by atoms with Crippen molar-refractivity contribution in [3.8, 4) is 5.75 Å². The largest absolute Gasteiger partial charge is 0.506 e. The number of hydrogen-bond donors (Lipinski definition) is 2. The minimum Gasteiger partial charge on any atom is -0.506 e. The van der Waals surface area contributed by atoms with Crippen molar-refractivity contribution in [3.63, 3.8) is 0 Å². The maximum Gasteiger partial charge on any atom is 0.253 e. The Bertz CT molecular complexity index is 606. The molecule has 2 heterocycles. The van der Waals surface area contributed by atoms with Crippen molar-refractivity contribution >= 4 is 5.91 Å². The van der Waals surface area contributed by atoms with Crippen molar-refractivity contribution in [3.05, 3.63) is 47.7 Å². The van der Waals surface area contributed by atoms with Gasteiger partial charge in [-0.15, -0.1) is 0 Å². The molecule has 2 aromatic rings. The summed E-state index contributed by atoms with van der Waals surface area (Å²) < 4.78 is 5.39. The molecule has 0 aliphatic heterocycles. The van der Waals surface area contributed by atoms with Crippen LogP contribution in [0.4, 0.5) is 0 Å². The average Bonchev–Trinajstić information content (AvgIpc) is 2.88. The van der Waals surface area contributed by atoms with E-state index in [0.717, 1.165) is 30.6 Å². The summed E-state index contributed by atoms with van der Waals surface area (Å²) in [5.41, 5.74) is 1.41. The highest BCUT2D eigenvalue weighted by atomic mass is 16.3. The zero-order chi connectivity index (χ0) is 13.2. The number of nitrogens with one attached hydrogen (secondary N) is 1. The molecule has 1 atom stereocenters. The predicted molar refractivity (Wildman–Crippen MR) is 67.8 cm³/mol. The Morgan fingerprint density at radius 3 is 3.21 bits per heavy atom. The molecule has 2 aromatic heterocycles. The minimum absolute atomic E-state index is 0.0136. The summed E-state index contributed by atoms with van der Waals surface area (Å²) in [4.78, 5) is 15.9. The SMILES string of the molecule is O=C(NC1CCCc2occc21)c1cncc(O)c1. The highest BCUT2D eigenvalue weighted by molar-refractivity contribution is 5.94. The molecule has 3 rings (SSSR count). The molecule has 2 N–H and O–H groups in total. The monoisotopic (exact) mass is 258 g/mol. The van der Waals surface area contributed by atoms with E-state index in [1.807, 2.05) is 6.07 Å². The van der Waals surface area contributed by atoms with Gasteiger partial charge in [-0.3, -0.25) is 9.78 Å². The van der Waals surface area contributed by atoms with Gasteiger partial charge in [0, 0.05) is 18.2 Å². The number of carbonyl (C=O) groups is 1. The number of furan rings is 1. The highest BCUT2D eigenvalue weighted by Crippen LogP contribution is 2.30. The lowest BCUT2D eigenvalue weighted by Crippen LogP contribution is -2.30. The lowest BCUT2D eigenvalue weighted by molar-refractivity contribution is 0.0931. The van der Waals surface area contributed by atoms with Crippen LogP contribution in [-0.4, -0.2) is 16.0 Å². The molecule has 0 saturated carbocycles. The second-order valence-corrected chi connectivity index (χ2v) is 4.65. The third-order valence-corrected chi connectivity index (χ3v) is 3.34. The number of fused-ring (bicyclic) bond motifs is 1. The summed E-state index contributed by atoms with van der Waals surface area (Å²) in [5.74, 6) is 0.702. The van der Waals surface area contributed by atoms with Crippen LogP contribution in [-0.2, 0) is 6.42 Å². The molecule has 0 aromatic carbocycles. The van der Waals surface area contributed by atoms with Gasteiger partial charge in [-0.25, -0.2) is 0 Å². The summed E-state index contributed by atoms with van der Waals surface area (Å²) in [5, 5.41) is 12.3. The Hall–Kier alpha value is -2.30. The molecule has 19 heavy (non-hydrogen) atoms. The molecule has 0 spiro atoms. The van der Waals surface area contributed by atoms with Crippen LogP contribution in [0.25, 0.3) is 0 Å². The lowest BCUT2D eigenvalue weighted by Gasteiger charge is -2.22. The van der Waals surface area contributed by atoms with Gasteiger partial charge in [0.05, 0.1) is 24.1 Å². The van der Waals surface area contributed by atoms with E-state index in [4.69, 9.17) is 4.42 Å². The van der Waals surface area contributed by atoms with Crippen LogP contribution < -0.4 is 5.32 Å². The Morgan fingerprint density at radius 1 is 1.47 bits per heavy atom. The first-order valence-corrected chi connectivity index (χ1v) is 6.25. The maximum atomic E-state index is 12.1. The number of aromatic nitrogens is 1. The van der Waals surface area contributed by atoms with Crippen molar-refractivity contribution in [1.29, 1.82) is 0 Å². The topological polar surface area (TPSA) is 75.4 Å². The molecular formula is C14H14N2O3. The smallest absolute Gasteiger partial charge is 0.253 e. The van der Waals surface area contributed by atoms with Crippen molar-refractivity contribution in [1.82, 2.24) is 10.3 Å². The van der Waals surface area contributed by atoms with Crippen LogP contribution in [0.2, 0.25) is 0 Å². The van der Waals surface area contributed by atoms with Gasteiger partial charge in [-0.1, -0.05) is 0 Å². The summed E-state index contributed by atoms with van der Waals surface area (Å²) in [6.07, 6.45) is 7.20. The summed E-state index contributed by atoms with van der Waals surface area (Å²) >= 11 is 0. The molecule has 0 saturated heterocycles. The van der Waals surface area contributed by atoms with E-state index in [9.17, 15) is 9.90 Å². The maximum absolute atomic E-state index is 12.1. The summed E-state index contributed by atoms with van der Waals surface area (Å²) in [6.45, 7) is 0. The quantitative estimate of drug-likeness (QED) is 0.865. The number of hydrogen-bond acceptors (Lipinski definition) is 4. The Morgan fingerprint density at radius 2 is 2.37 bits per heavy atom. The number of rotatable bonds is 2. The lowest BCUT2D eigenvalue weighted by atomic mass is 9.93. The van der Waals surface area contributed by atoms with Crippen molar-refractivity contribution in [2.75, 3.05) is 0 Å². The first-order chi connectivity index (χ1) is 9.24. The van der Waals surface area contributed by atoms with Crippen molar-refractivity contribution in [2.45, 2.75) is 25.3 Å². The predicted octanol–water partition coefficient (Wildman–Crippen LogP) is 2.19. The first-order valence-electron chi connectivity index (χ1n) is 6.25. The molecule has 5 heteroatoms. The third kappa shape index (κ3) is 2.31. The Labute approximate surface area is 110 Å². The Kier molecular flexibility index (Phi) is 2.95. The fourth-order valence-electron chi connectivity index (χ4n) is 2.43. The minimum atomic E-state index is -0.234. The van der Waals surface area contributed by atoms with Gasteiger partial charge in [0.25, 0.3) is 5.91 Å². The highest BCUT2D eigenvalue weighted by Gasteiger charge is 2.24. The van der Waals surface area contributed by atoms with Crippen LogP contribution in [0.5, 0.6) is 5.75 Å². The van der Waals surface area contributed by atoms with Gasteiger partial charge in [0.15, 0.2) is 0 Å². The zero-order valence-corrected chi connectivity index (χ0v) is 10.3. The second-order valence-electron chi connectivity index (χ2n) is 4.65. The van der Waals surface area contributed by atoms with Crippen LogP contribution in [0, 0.1) is 0 Å². The molecule has 0 bridgehead atoms. The fraction of sp³-hybridized carbons (Fsp3) is 0.286. The van der Waals surface area contributed by atoms with E-state index in [-0.39, 0.29) is 17.7 Å². The van der Waals surface area contributed by atoms with E-state index in [1.165, 1.54) is 18.5 Å². The number of aryl methyl sites for hydroxylation is 1. The van der Waals surface area contributed by atoms with E-state index >= 15 is 0 Å². The number of amides is 1. The molecule has 0 radical (unpaired) electrons. The van der Waals surface area contributed by atoms with Crippen LogP contribution in [0.3, 0.4) is 0 Å². The normalized spacial score (nSPS) is 17.8. The van der Waals surface area contributed by atoms with Crippen LogP contribution >= 0.6 is 0 Å². The van der Waals surface area contributed by atoms with Gasteiger partial charge in [-0.05, 0) is 25.0 Å². The third-order valence-electron chi connectivity index (χ3n) is 3.34. The van der Waals surface area contributed by atoms with E-state index in [2.05, 4.69) is 10.3 Å². The first kappa shape index (κ1) is 11.8. The molecule has 98 valence electrons. The fourth-order valence-corrected chi connectivity index (χ4v) is 2.43. The molecule has 0 fully saturated rings. The summed E-state index contributed by atoms with van der Waals surface area (Å²) in [6, 6.07) is 3.28. The molecule has 5 nitrogen and oxygen atoms in total. The standard InChI is InChI=1S/C14H14N2O3/c17-10-6-9(7-15-8-10)14(18)16-12-2-1-3-13-11(12)4-5-19-13/h4-8,12,17H,1-3H2,(H,16,18). The van der Waals surface area contributed by atoms with Crippen LogP contribution in [0.1, 0.15) is 40.6 Å². The molecular weight excluding hydrogens is 244 g/mol. The summed E-state index contributed by atoms with van der Waals surface area (Å²) in [7, 11) is 0. The van der Waals surface area contributed by atoms with Gasteiger partial charge in [0.2, 0.25) is 0 Å². The van der Waals surface area contributed by atoms with Crippen LogP contribution in [0.15, 0.2) is 35.2 Å². The molecule has 1 unspecified atom stereocenters. The van der Waals surface area contributed by atoms with Gasteiger partial charge in [0.1, 0.15) is 11.5 Å². The second kappa shape index (κ2) is 4.76.